The molecule has 0 heterocycles. The average Bonchev–Trinajstić information content (AvgIpc) is 2.14. The van der Waals surface area contributed by atoms with E-state index in [9.17, 15) is 12.8 Å². The second-order valence-electron chi connectivity index (χ2n) is 4.79. The molecule has 0 unspecified atom stereocenters. The van der Waals surface area contributed by atoms with Crippen molar-refractivity contribution in [1.29, 1.82) is 0 Å². The van der Waals surface area contributed by atoms with E-state index in [0.29, 0.717) is 12.1 Å². The highest BCUT2D eigenvalue weighted by molar-refractivity contribution is 7.90. The van der Waals surface area contributed by atoms with Crippen molar-refractivity contribution in [3.8, 4) is 0 Å². The Balaban J connectivity index is 2.53. The van der Waals surface area contributed by atoms with Gasteiger partial charge in [0.15, 0.2) is 9.84 Å². The van der Waals surface area contributed by atoms with Gasteiger partial charge in [0.1, 0.15) is 5.82 Å². The van der Waals surface area contributed by atoms with E-state index in [4.69, 9.17) is 5.73 Å². The third kappa shape index (κ3) is 2.21. The Hall–Kier alpha value is -0.940. The monoisotopic (exact) mass is 257 g/mol. The van der Waals surface area contributed by atoms with Crippen molar-refractivity contribution in [3.63, 3.8) is 0 Å². The predicted octanol–water partition coefficient (Wildman–Crippen LogP) is 1.61. The molecule has 0 spiro atoms. The van der Waals surface area contributed by atoms with E-state index in [1.54, 1.807) is 6.07 Å². The van der Waals surface area contributed by atoms with Crippen molar-refractivity contribution in [3.05, 3.63) is 29.6 Å². The number of halogens is 1. The summed E-state index contributed by atoms with van der Waals surface area (Å²) in [5.41, 5.74) is 6.23. The van der Waals surface area contributed by atoms with Crippen LogP contribution in [0.4, 0.5) is 4.39 Å². The van der Waals surface area contributed by atoms with Gasteiger partial charge in [-0.3, -0.25) is 0 Å². The number of hydrogen-bond donors (Lipinski definition) is 1. The lowest BCUT2D eigenvalue weighted by Gasteiger charge is -2.41. The molecular weight excluding hydrogens is 241 g/mol. The second kappa shape index (κ2) is 4.07. The highest BCUT2D eigenvalue weighted by Gasteiger charge is 2.38. The van der Waals surface area contributed by atoms with Crippen LogP contribution in [0.1, 0.15) is 24.8 Å². The van der Waals surface area contributed by atoms with Crippen LogP contribution in [0.5, 0.6) is 0 Å². The molecule has 0 bridgehead atoms. The Morgan fingerprint density at radius 3 is 2.41 bits per heavy atom. The molecule has 0 saturated heterocycles. The molecule has 1 aromatic carbocycles. The molecule has 0 atom stereocenters. The summed E-state index contributed by atoms with van der Waals surface area (Å²) in [6.45, 7) is 0.430. The van der Waals surface area contributed by atoms with Gasteiger partial charge >= 0.3 is 0 Å². The normalized spacial score (nSPS) is 18.8. The van der Waals surface area contributed by atoms with Gasteiger partial charge in [-0.2, -0.15) is 0 Å². The molecule has 1 fully saturated rings. The number of benzene rings is 1. The van der Waals surface area contributed by atoms with E-state index < -0.39 is 15.7 Å². The van der Waals surface area contributed by atoms with E-state index in [1.807, 2.05) is 0 Å². The standard InChI is InChI=1S/C12H16FNO2S/c1-17(15,16)11-6-9(5-10(13)7-11)12(8-14)3-2-4-12/h5-7H,2-4,8,14H2,1H3. The minimum Gasteiger partial charge on any atom is -0.330 e. The molecule has 0 radical (unpaired) electrons. The Bertz CT molecular complexity index is 530. The molecule has 1 aliphatic carbocycles. The van der Waals surface area contributed by atoms with Gasteiger partial charge in [-0.05, 0) is 36.6 Å². The molecule has 2 N–H and O–H groups in total. The van der Waals surface area contributed by atoms with Gasteiger partial charge in [0.05, 0.1) is 4.90 Å². The van der Waals surface area contributed by atoms with Crippen molar-refractivity contribution in [2.45, 2.75) is 29.6 Å². The maximum atomic E-state index is 13.5. The zero-order valence-corrected chi connectivity index (χ0v) is 10.6. The number of nitrogens with two attached hydrogens (primary N) is 1. The maximum Gasteiger partial charge on any atom is 0.175 e. The smallest absolute Gasteiger partial charge is 0.175 e. The SMILES string of the molecule is CS(=O)(=O)c1cc(F)cc(C2(CN)CCC2)c1. The number of rotatable bonds is 3. The second-order valence-corrected chi connectivity index (χ2v) is 6.80. The molecule has 2 rings (SSSR count). The first kappa shape index (κ1) is 12.5. The van der Waals surface area contributed by atoms with Gasteiger partial charge in [0, 0.05) is 18.2 Å². The highest BCUT2D eigenvalue weighted by Crippen LogP contribution is 2.43. The molecule has 0 amide bonds. The summed E-state index contributed by atoms with van der Waals surface area (Å²) in [6, 6.07) is 4.02. The van der Waals surface area contributed by atoms with Crippen LogP contribution in [-0.4, -0.2) is 21.2 Å². The van der Waals surface area contributed by atoms with Crippen molar-refractivity contribution < 1.29 is 12.8 Å². The fraction of sp³-hybridized carbons (Fsp3) is 0.500. The van der Waals surface area contributed by atoms with Crippen LogP contribution in [-0.2, 0) is 15.3 Å². The first-order chi connectivity index (χ1) is 7.87. The Morgan fingerprint density at radius 1 is 1.35 bits per heavy atom. The summed E-state index contributed by atoms with van der Waals surface area (Å²) < 4.78 is 36.4. The summed E-state index contributed by atoms with van der Waals surface area (Å²) in [6.07, 6.45) is 3.94. The predicted molar refractivity (Wildman–Crippen MR) is 64.1 cm³/mol. The van der Waals surface area contributed by atoms with Crippen molar-refractivity contribution in [2.24, 2.45) is 5.73 Å². The van der Waals surface area contributed by atoms with E-state index in [0.717, 1.165) is 31.6 Å². The zero-order valence-electron chi connectivity index (χ0n) is 9.74. The lowest BCUT2D eigenvalue weighted by Crippen LogP contribution is -2.41. The highest BCUT2D eigenvalue weighted by atomic mass is 32.2. The number of sulfone groups is 1. The zero-order chi connectivity index (χ0) is 12.7. The summed E-state index contributed by atoms with van der Waals surface area (Å²) >= 11 is 0. The summed E-state index contributed by atoms with van der Waals surface area (Å²) in [5.74, 6) is -0.511. The quantitative estimate of drug-likeness (QED) is 0.895. The summed E-state index contributed by atoms with van der Waals surface area (Å²) in [5, 5.41) is 0. The molecule has 5 heteroatoms. The lowest BCUT2D eigenvalue weighted by molar-refractivity contribution is 0.252. The van der Waals surface area contributed by atoms with Crippen LogP contribution in [0.3, 0.4) is 0 Å². The Morgan fingerprint density at radius 2 is 2.00 bits per heavy atom. The largest absolute Gasteiger partial charge is 0.330 e. The fourth-order valence-electron chi connectivity index (χ4n) is 2.30. The van der Waals surface area contributed by atoms with E-state index in [-0.39, 0.29) is 10.3 Å². The minimum atomic E-state index is -3.38. The maximum absolute atomic E-state index is 13.5. The van der Waals surface area contributed by atoms with Crippen LogP contribution in [0.2, 0.25) is 0 Å². The first-order valence-electron chi connectivity index (χ1n) is 5.59. The van der Waals surface area contributed by atoms with Crippen molar-refractivity contribution in [2.75, 3.05) is 12.8 Å². The van der Waals surface area contributed by atoms with Crippen LogP contribution in [0.15, 0.2) is 23.1 Å². The van der Waals surface area contributed by atoms with Crippen LogP contribution in [0.25, 0.3) is 0 Å². The van der Waals surface area contributed by atoms with Crippen molar-refractivity contribution in [1.82, 2.24) is 0 Å². The summed E-state index contributed by atoms with van der Waals surface area (Å²) in [4.78, 5) is 0.0345. The van der Waals surface area contributed by atoms with E-state index in [2.05, 4.69) is 0 Å². The van der Waals surface area contributed by atoms with Gasteiger partial charge in [-0.15, -0.1) is 0 Å². The van der Waals surface area contributed by atoms with Gasteiger partial charge in [0.25, 0.3) is 0 Å². The van der Waals surface area contributed by atoms with Crippen LogP contribution >= 0.6 is 0 Å². The molecule has 3 nitrogen and oxygen atoms in total. The Labute approximate surface area is 101 Å². The molecule has 1 aliphatic rings. The molecule has 1 aromatic rings. The van der Waals surface area contributed by atoms with Crippen molar-refractivity contribution >= 4 is 9.84 Å². The topological polar surface area (TPSA) is 60.2 Å². The van der Waals surface area contributed by atoms with Gasteiger partial charge in [0.2, 0.25) is 0 Å². The fourth-order valence-corrected chi connectivity index (χ4v) is 2.96. The summed E-state index contributed by atoms with van der Waals surface area (Å²) in [7, 11) is -3.38. The van der Waals surface area contributed by atoms with Crippen LogP contribution < -0.4 is 5.73 Å². The molecule has 0 aromatic heterocycles. The molecular formula is C12H16FNO2S. The molecule has 94 valence electrons. The lowest BCUT2D eigenvalue weighted by atomic mass is 9.64. The van der Waals surface area contributed by atoms with Crippen LogP contribution in [0, 0.1) is 5.82 Å². The molecule has 17 heavy (non-hydrogen) atoms. The third-order valence-corrected chi connectivity index (χ3v) is 4.71. The minimum absolute atomic E-state index is 0.0345. The first-order valence-corrected chi connectivity index (χ1v) is 7.48. The third-order valence-electron chi connectivity index (χ3n) is 3.61. The average molecular weight is 257 g/mol. The van der Waals surface area contributed by atoms with Gasteiger partial charge < -0.3 is 5.73 Å². The molecule has 0 aliphatic heterocycles. The Kier molecular flexibility index (Phi) is 2.99. The van der Waals surface area contributed by atoms with Gasteiger partial charge in [-0.25, -0.2) is 12.8 Å². The number of hydrogen-bond acceptors (Lipinski definition) is 3. The molecule has 1 saturated carbocycles. The van der Waals surface area contributed by atoms with Gasteiger partial charge in [-0.1, -0.05) is 6.42 Å². The van der Waals surface area contributed by atoms with E-state index in [1.165, 1.54) is 6.07 Å². The van der Waals surface area contributed by atoms with E-state index >= 15 is 0 Å².